The Hall–Kier alpha value is -2.79. The van der Waals surface area contributed by atoms with E-state index in [1.54, 1.807) is 0 Å². The Balaban J connectivity index is 2.33. The number of allylic oxidation sites excluding steroid dienone is 8. The van der Waals surface area contributed by atoms with E-state index in [4.69, 9.17) is 28.7 Å². The Kier molecular flexibility index (Phi) is 31.3. The highest BCUT2D eigenvalue weighted by Gasteiger charge is 2.26. The second-order valence-electron chi connectivity index (χ2n) is 14.6. The van der Waals surface area contributed by atoms with Crippen molar-refractivity contribution in [2.45, 2.75) is 175 Å². The summed E-state index contributed by atoms with van der Waals surface area (Å²) in [7, 11) is -4.42. The Bertz CT molecular complexity index is 1370. The van der Waals surface area contributed by atoms with Crippen LogP contribution in [0, 0.1) is 13.8 Å². The molecule has 0 aromatic carbocycles. The molecule has 4 N–H and O–H groups in total. The van der Waals surface area contributed by atoms with Gasteiger partial charge in [-0.05, 0) is 95.6 Å². The molecule has 57 heavy (non-hydrogen) atoms. The molecule has 1 aromatic heterocycles. The number of carbonyl (C=O) groups is 2. The SMILES string of the molecule is CCCCCc1oc(CCCCCCCCC(=O)OC[C@H](COP(=O)(O)OCCN)OC(=O)CCC/C=C\C/C=C\C/C=C\C/C=C\CC[C@H](O)CC)c(C)c1C. The highest BCUT2D eigenvalue weighted by molar-refractivity contribution is 7.47. The summed E-state index contributed by atoms with van der Waals surface area (Å²) in [5, 5.41) is 9.56. The zero-order valence-corrected chi connectivity index (χ0v) is 36.5. The van der Waals surface area contributed by atoms with Crippen LogP contribution < -0.4 is 5.73 Å². The number of carbonyl (C=O) groups excluding carboxylic acids is 2. The second-order valence-corrected chi connectivity index (χ2v) is 16.0. The summed E-state index contributed by atoms with van der Waals surface area (Å²) in [4.78, 5) is 35.0. The normalized spacial score (nSPS) is 14.3. The third-order valence-electron chi connectivity index (χ3n) is 9.58. The number of furan rings is 1. The molecule has 326 valence electrons. The molecule has 1 rings (SSSR count). The van der Waals surface area contributed by atoms with Crippen molar-refractivity contribution in [2.75, 3.05) is 26.4 Å². The van der Waals surface area contributed by atoms with E-state index in [1.807, 2.05) is 19.1 Å². The van der Waals surface area contributed by atoms with Crippen LogP contribution in [0.15, 0.2) is 53.0 Å². The Morgan fingerprint density at radius 1 is 0.719 bits per heavy atom. The van der Waals surface area contributed by atoms with Gasteiger partial charge in [0.15, 0.2) is 6.10 Å². The smallest absolute Gasteiger partial charge is 0.466 e. The number of esters is 2. The molecule has 1 aromatic rings. The van der Waals surface area contributed by atoms with Crippen molar-refractivity contribution in [3.8, 4) is 0 Å². The third kappa shape index (κ3) is 28.3. The number of phosphoric ester groups is 1. The maximum Gasteiger partial charge on any atom is 0.472 e. The first kappa shape index (κ1) is 52.2. The Labute approximate surface area is 344 Å². The molecule has 0 saturated heterocycles. The Morgan fingerprint density at radius 2 is 1.26 bits per heavy atom. The van der Waals surface area contributed by atoms with Crippen molar-refractivity contribution < 1.29 is 47.1 Å². The molecule has 1 heterocycles. The number of nitrogens with two attached hydrogens (primary N) is 1. The molecule has 0 fully saturated rings. The van der Waals surface area contributed by atoms with Gasteiger partial charge in [-0.25, -0.2) is 4.57 Å². The molecular formula is C45H76NO10P. The summed E-state index contributed by atoms with van der Waals surface area (Å²) in [6.45, 7) is 7.60. The molecule has 0 aliphatic carbocycles. The zero-order valence-electron chi connectivity index (χ0n) is 35.6. The summed E-state index contributed by atoms with van der Waals surface area (Å²) in [5.41, 5.74) is 7.94. The molecular weight excluding hydrogens is 745 g/mol. The topological polar surface area (TPSA) is 168 Å². The van der Waals surface area contributed by atoms with Gasteiger partial charge in [-0.1, -0.05) is 101 Å². The summed E-state index contributed by atoms with van der Waals surface area (Å²) in [6.07, 6.45) is 33.6. The van der Waals surface area contributed by atoms with Gasteiger partial charge in [-0.3, -0.25) is 18.6 Å². The van der Waals surface area contributed by atoms with E-state index in [1.165, 1.54) is 30.4 Å². The molecule has 0 spiro atoms. The van der Waals surface area contributed by atoms with E-state index < -0.39 is 32.5 Å². The first-order chi connectivity index (χ1) is 27.5. The highest BCUT2D eigenvalue weighted by Crippen LogP contribution is 2.43. The van der Waals surface area contributed by atoms with Gasteiger partial charge >= 0.3 is 19.8 Å². The number of ether oxygens (including phenoxy) is 2. The fourth-order valence-corrected chi connectivity index (χ4v) is 6.67. The van der Waals surface area contributed by atoms with E-state index in [-0.39, 0.29) is 38.7 Å². The number of aryl methyl sites for hydroxylation is 2. The van der Waals surface area contributed by atoms with Gasteiger partial charge in [0.1, 0.15) is 18.1 Å². The van der Waals surface area contributed by atoms with Crippen LogP contribution >= 0.6 is 7.82 Å². The molecule has 11 nitrogen and oxygen atoms in total. The van der Waals surface area contributed by atoms with Gasteiger partial charge < -0.3 is 29.6 Å². The van der Waals surface area contributed by atoms with Crippen molar-refractivity contribution in [2.24, 2.45) is 5.73 Å². The largest absolute Gasteiger partial charge is 0.472 e. The highest BCUT2D eigenvalue weighted by atomic mass is 31.2. The summed E-state index contributed by atoms with van der Waals surface area (Å²) >= 11 is 0. The number of unbranched alkanes of at least 4 members (excludes halogenated alkanes) is 8. The lowest BCUT2D eigenvalue weighted by molar-refractivity contribution is -0.161. The Morgan fingerprint density at radius 3 is 1.86 bits per heavy atom. The van der Waals surface area contributed by atoms with Gasteiger partial charge in [0.2, 0.25) is 0 Å². The third-order valence-corrected chi connectivity index (χ3v) is 10.6. The van der Waals surface area contributed by atoms with Crippen molar-refractivity contribution in [3.63, 3.8) is 0 Å². The van der Waals surface area contributed by atoms with E-state index in [9.17, 15) is 24.2 Å². The minimum Gasteiger partial charge on any atom is -0.466 e. The molecule has 0 aliphatic heterocycles. The molecule has 12 heteroatoms. The van der Waals surface area contributed by atoms with Crippen molar-refractivity contribution in [1.82, 2.24) is 0 Å². The number of hydrogen-bond acceptors (Lipinski definition) is 10. The minimum atomic E-state index is -4.42. The maximum atomic E-state index is 12.6. The van der Waals surface area contributed by atoms with Gasteiger partial charge in [0.25, 0.3) is 0 Å². The van der Waals surface area contributed by atoms with Crippen molar-refractivity contribution in [3.05, 3.63) is 71.3 Å². The van der Waals surface area contributed by atoms with E-state index in [0.29, 0.717) is 19.3 Å². The molecule has 1 unspecified atom stereocenters. The first-order valence-corrected chi connectivity index (χ1v) is 23.0. The summed E-state index contributed by atoms with van der Waals surface area (Å²) < 4.78 is 39.0. The van der Waals surface area contributed by atoms with Crippen LogP contribution in [0.3, 0.4) is 0 Å². The summed E-state index contributed by atoms with van der Waals surface area (Å²) in [5.74, 6) is 1.32. The number of hydrogen-bond donors (Lipinski definition) is 3. The number of aliphatic hydroxyl groups excluding tert-OH is 1. The first-order valence-electron chi connectivity index (χ1n) is 21.6. The van der Waals surface area contributed by atoms with Crippen LogP contribution in [0.1, 0.15) is 158 Å². The fraction of sp³-hybridized carbons (Fsp3) is 0.689. The molecule has 0 saturated carbocycles. The molecule has 0 bridgehead atoms. The van der Waals surface area contributed by atoms with E-state index in [0.717, 1.165) is 95.0 Å². The quantitative estimate of drug-likeness (QED) is 0.0255. The van der Waals surface area contributed by atoms with Crippen LogP contribution in [0.5, 0.6) is 0 Å². The van der Waals surface area contributed by atoms with Crippen molar-refractivity contribution in [1.29, 1.82) is 0 Å². The molecule has 3 atom stereocenters. The van der Waals surface area contributed by atoms with E-state index in [2.05, 4.69) is 57.2 Å². The fourth-order valence-electron chi connectivity index (χ4n) is 5.90. The van der Waals surface area contributed by atoms with Gasteiger partial charge in [-0.2, -0.15) is 0 Å². The van der Waals surface area contributed by atoms with Gasteiger partial charge in [0, 0.05) is 32.2 Å². The van der Waals surface area contributed by atoms with Crippen LogP contribution in [0.2, 0.25) is 0 Å². The predicted molar refractivity (Wildman–Crippen MR) is 229 cm³/mol. The minimum absolute atomic E-state index is 0.0296. The van der Waals surface area contributed by atoms with Gasteiger partial charge in [-0.15, -0.1) is 0 Å². The second kappa shape index (κ2) is 34.1. The summed E-state index contributed by atoms with van der Waals surface area (Å²) in [6, 6.07) is 0. The van der Waals surface area contributed by atoms with E-state index >= 15 is 0 Å². The number of rotatable bonds is 36. The van der Waals surface area contributed by atoms with Gasteiger partial charge in [0.05, 0.1) is 19.3 Å². The van der Waals surface area contributed by atoms with Crippen molar-refractivity contribution >= 4 is 19.8 Å². The van der Waals surface area contributed by atoms with Crippen LogP contribution in [0.4, 0.5) is 0 Å². The lowest BCUT2D eigenvalue weighted by atomic mass is 10.0. The molecule has 0 radical (unpaired) electrons. The molecule has 0 aliphatic rings. The van der Waals surface area contributed by atoms with Crippen LogP contribution in [-0.2, 0) is 45.5 Å². The molecule has 0 amide bonds. The average Bonchev–Trinajstić information content (AvgIpc) is 3.46. The number of phosphoric acid groups is 1. The lowest BCUT2D eigenvalue weighted by Crippen LogP contribution is -2.29. The number of aliphatic hydroxyl groups is 1. The zero-order chi connectivity index (χ0) is 42.0. The lowest BCUT2D eigenvalue weighted by Gasteiger charge is -2.19. The average molecular weight is 822 g/mol. The predicted octanol–water partition coefficient (Wildman–Crippen LogP) is 10.6. The standard InChI is InChI=1S/C45H76NO10P/c1-5-7-24-30-42-38(3)39(4)43(56-42)31-26-21-18-19-22-27-32-44(48)52-36-41(37-54-57(50,51)53-35-34-46)55-45(49)33-28-23-17-15-13-11-9-8-10-12-14-16-20-25-29-40(47)6-2/h9-12,15-17,20,40-41,47H,5-8,13-14,18-19,21-37,46H2,1-4H3,(H,50,51)/b11-9-,12-10-,17-15-,20-16-/t40-,41-/m1/s1. The monoisotopic (exact) mass is 822 g/mol. The van der Waals surface area contributed by atoms with Crippen LogP contribution in [-0.4, -0.2) is 60.5 Å². The van der Waals surface area contributed by atoms with Crippen LogP contribution in [0.25, 0.3) is 0 Å². The maximum absolute atomic E-state index is 12.6.